The molecule has 0 unspecified atom stereocenters. The van der Waals surface area contributed by atoms with E-state index in [0.717, 1.165) is 43.8 Å². The summed E-state index contributed by atoms with van der Waals surface area (Å²) in [7, 11) is 2.84. The number of rotatable bonds is 2. The second-order valence-corrected chi connectivity index (χ2v) is 15.1. The van der Waals surface area contributed by atoms with Gasteiger partial charge < -0.3 is 9.47 Å². The van der Waals surface area contributed by atoms with E-state index in [1.54, 1.807) is 0 Å². The molecular formula is C48H24O4. The van der Waals surface area contributed by atoms with Crippen LogP contribution in [0.2, 0.25) is 0 Å². The van der Waals surface area contributed by atoms with Crippen molar-refractivity contribution in [3.8, 4) is 0 Å². The zero-order valence-electron chi connectivity index (χ0n) is 28.0. The molecule has 0 atom stereocenters. The van der Waals surface area contributed by atoms with Gasteiger partial charge in [0.25, 0.3) is 0 Å². The van der Waals surface area contributed by atoms with Gasteiger partial charge in [-0.2, -0.15) is 0 Å². The second-order valence-electron chi connectivity index (χ2n) is 15.1. The number of carbonyl (C=O) groups is 2. The predicted octanol–water partition coefficient (Wildman–Crippen LogP) is 11.1. The first-order chi connectivity index (χ1) is 25.6. The zero-order valence-corrected chi connectivity index (χ0v) is 28.0. The molecule has 4 nitrogen and oxygen atoms in total. The Kier molecular flexibility index (Phi) is 4.13. The Morgan fingerprint density at radius 3 is 0.788 bits per heavy atom. The van der Waals surface area contributed by atoms with Crippen LogP contribution in [0.1, 0.15) is 34.1 Å². The highest BCUT2D eigenvalue weighted by Gasteiger charge is 2.52. The Hall–Kier alpha value is -6.52. The van der Waals surface area contributed by atoms with Gasteiger partial charge in [0.1, 0.15) is 0 Å². The third-order valence-electron chi connectivity index (χ3n) is 13.4. The monoisotopic (exact) mass is 664 g/mol. The number of methoxy groups -OCH3 is 2. The molecule has 3 aliphatic rings. The van der Waals surface area contributed by atoms with Crippen LogP contribution in [0.3, 0.4) is 0 Å². The standard InChI is InChI=1S/C48H24O4/c1-51-47(49)45-43-39-25-15-11-21-7-3-19-5-9-23-13-17-27(37-33(23)29(19)31(21)35(25)37)41(39)44(46(45)48(50)52-2)42-28-18-14-24-10-6-20-4-8-22-12-16-26(40(42)43)36-32(22)30(20)34(24)38(28)36/h3-18,43-44H,1-2H3. The number of carbonyl (C=O) groups excluding carboxylic acids is 2. The Balaban J connectivity index is 1.28. The Bertz CT molecular complexity index is 3200. The normalized spacial score (nSPS) is 17.5. The molecule has 0 aromatic heterocycles. The molecule has 0 fully saturated rings. The average molecular weight is 665 g/mol. The highest BCUT2D eigenvalue weighted by molar-refractivity contribution is 6.47. The van der Waals surface area contributed by atoms with E-state index in [0.29, 0.717) is 11.1 Å². The molecule has 3 aliphatic carbocycles. The number of benzene rings is 10. The van der Waals surface area contributed by atoms with Crippen molar-refractivity contribution in [1.29, 1.82) is 0 Å². The number of esters is 2. The van der Waals surface area contributed by atoms with Crippen molar-refractivity contribution in [2.75, 3.05) is 14.2 Å². The van der Waals surface area contributed by atoms with Crippen molar-refractivity contribution >= 4 is 120 Å². The lowest BCUT2D eigenvalue weighted by molar-refractivity contribution is -0.139. The fraction of sp³-hybridized carbons (Fsp3) is 0.0833. The zero-order chi connectivity index (χ0) is 34.0. The van der Waals surface area contributed by atoms with Crippen LogP contribution in [0.4, 0.5) is 0 Å². The maximum Gasteiger partial charge on any atom is 0.335 e. The van der Waals surface area contributed by atoms with Gasteiger partial charge in [-0.1, -0.05) is 97.1 Å². The number of ether oxygens (including phenoxy) is 2. The van der Waals surface area contributed by atoms with E-state index in [-0.39, 0.29) is 0 Å². The van der Waals surface area contributed by atoms with Gasteiger partial charge in [0.2, 0.25) is 0 Å². The van der Waals surface area contributed by atoms with Crippen LogP contribution >= 0.6 is 0 Å². The molecular weight excluding hydrogens is 641 g/mol. The molecule has 0 saturated carbocycles. The van der Waals surface area contributed by atoms with Crippen LogP contribution in [0.25, 0.3) is 108 Å². The number of hydrogen-bond donors (Lipinski definition) is 0. The van der Waals surface area contributed by atoms with E-state index in [2.05, 4.69) is 97.1 Å². The molecule has 12 aromatic carbocycles. The van der Waals surface area contributed by atoms with Crippen molar-refractivity contribution < 1.29 is 19.1 Å². The number of hydrogen-bond acceptors (Lipinski definition) is 4. The predicted molar refractivity (Wildman–Crippen MR) is 210 cm³/mol. The third kappa shape index (κ3) is 2.49. The van der Waals surface area contributed by atoms with Crippen molar-refractivity contribution in [2.24, 2.45) is 0 Å². The largest absolute Gasteiger partial charge is 0.466 e. The molecule has 0 spiro atoms. The Morgan fingerprint density at radius 1 is 0.346 bits per heavy atom. The molecule has 0 radical (unpaired) electrons. The fourth-order valence-corrected chi connectivity index (χ4v) is 11.7. The lowest BCUT2D eigenvalue weighted by atomic mass is 9.57. The first kappa shape index (κ1) is 26.3. The summed E-state index contributed by atoms with van der Waals surface area (Å²) in [4.78, 5) is 28.7. The molecule has 12 aromatic rings. The molecule has 240 valence electrons. The van der Waals surface area contributed by atoms with Crippen LogP contribution in [0, 0.1) is 0 Å². The SMILES string of the molecule is COC(=O)C1=C(C(=O)OC)C2c3c(c4ccc5ccc6ccc7ccc3c3c7c6c5c43)C1c1c2c2ccc3ccc4ccc5ccc1c1c5c4c3c21. The van der Waals surface area contributed by atoms with Crippen LogP contribution in [-0.4, -0.2) is 26.2 Å². The van der Waals surface area contributed by atoms with Crippen molar-refractivity contribution in [3.05, 3.63) is 130 Å². The Morgan fingerprint density at radius 2 is 0.558 bits per heavy atom. The molecule has 0 N–H and O–H groups in total. The smallest absolute Gasteiger partial charge is 0.335 e. The molecule has 52 heavy (non-hydrogen) atoms. The van der Waals surface area contributed by atoms with Gasteiger partial charge in [0.15, 0.2) is 0 Å². The minimum Gasteiger partial charge on any atom is -0.466 e. The summed E-state index contributed by atoms with van der Waals surface area (Å²) < 4.78 is 11.2. The summed E-state index contributed by atoms with van der Waals surface area (Å²) in [5.74, 6) is -2.06. The first-order valence-electron chi connectivity index (χ1n) is 17.9. The maximum atomic E-state index is 14.3. The molecule has 0 heterocycles. The van der Waals surface area contributed by atoms with Gasteiger partial charge in [-0.3, -0.25) is 0 Å². The minimum atomic E-state index is -0.544. The fourth-order valence-electron chi connectivity index (χ4n) is 11.7. The van der Waals surface area contributed by atoms with E-state index in [1.807, 2.05) is 0 Å². The van der Waals surface area contributed by atoms with Gasteiger partial charge >= 0.3 is 11.9 Å². The van der Waals surface area contributed by atoms with Gasteiger partial charge in [0.05, 0.1) is 25.4 Å². The maximum absolute atomic E-state index is 14.3. The van der Waals surface area contributed by atoms with Crippen LogP contribution in [0.5, 0.6) is 0 Å². The van der Waals surface area contributed by atoms with E-state index in [4.69, 9.17) is 9.47 Å². The molecule has 0 aliphatic heterocycles. The van der Waals surface area contributed by atoms with Crippen LogP contribution in [0.15, 0.2) is 108 Å². The van der Waals surface area contributed by atoms with Gasteiger partial charge in [-0.05, 0) is 130 Å². The average Bonchev–Trinajstić information content (AvgIpc) is 3.75. The summed E-state index contributed by atoms with van der Waals surface area (Å²) in [6, 6.07) is 35.9. The summed E-state index contributed by atoms with van der Waals surface area (Å²) in [5, 5.41) is 24.6. The van der Waals surface area contributed by atoms with E-state index in [1.165, 1.54) is 100 Å². The van der Waals surface area contributed by atoms with Gasteiger partial charge in [-0.25, -0.2) is 9.59 Å². The van der Waals surface area contributed by atoms with E-state index in [9.17, 15) is 9.59 Å². The van der Waals surface area contributed by atoms with Crippen molar-refractivity contribution in [3.63, 3.8) is 0 Å². The molecule has 0 saturated heterocycles. The summed E-state index contributed by atoms with van der Waals surface area (Å²) >= 11 is 0. The quantitative estimate of drug-likeness (QED) is 0.136. The molecule has 2 bridgehead atoms. The lowest BCUT2D eigenvalue weighted by Crippen LogP contribution is -2.35. The molecule has 0 amide bonds. The lowest BCUT2D eigenvalue weighted by Gasteiger charge is -2.44. The highest BCUT2D eigenvalue weighted by Crippen LogP contribution is 2.65. The van der Waals surface area contributed by atoms with E-state index >= 15 is 0 Å². The summed E-state index contributed by atoms with van der Waals surface area (Å²) in [5.41, 5.74) is 5.22. The van der Waals surface area contributed by atoms with Gasteiger partial charge in [-0.15, -0.1) is 0 Å². The van der Waals surface area contributed by atoms with Crippen LogP contribution < -0.4 is 0 Å². The highest BCUT2D eigenvalue weighted by atomic mass is 16.5. The first-order valence-corrected chi connectivity index (χ1v) is 17.9. The minimum absolute atomic E-state index is 0.396. The third-order valence-corrected chi connectivity index (χ3v) is 13.4. The van der Waals surface area contributed by atoms with Gasteiger partial charge in [0, 0.05) is 11.8 Å². The van der Waals surface area contributed by atoms with Crippen molar-refractivity contribution in [1.82, 2.24) is 0 Å². The Labute approximate surface area is 294 Å². The molecule has 4 heteroatoms. The van der Waals surface area contributed by atoms with Crippen molar-refractivity contribution in [2.45, 2.75) is 11.8 Å². The van der Waals surface area contributed by atoms with Crippen LogP contribution in [-0.2, 0) is 19.1 Å². The topological polar surface area (TPSA) is 52.6 Å². The van der Waals surface area contributed by atoms with E-state index < -0.39 is 23.8 Å². The second kappa shape index (κ2) is 8.17. The summed E-state index contributed by atoms with van der Waals surface area (Å²) in [6.07, 6.45) is 0. The summed E-state index contributed by atoms with van der Waals surface area (Å²) in [6.45, 7) is 0. The molecule has 15 rings (SSSR count).